The highest BCUT2D eigenvalue weighted by Gasteiger charge is 2.41. The number of halogens is 1. The Morgan fingerprint density at radius 2 is 1.83 bits per heavy atom. The second-order valence-corrected chi connectivity index (χ2v) is 9.39. The maximum Gasteiger partial charge on any atom is 0.313 e. The Balaban J connectivity index is 1.46. The standard InChI is InChI=1S/C17H21FN4O6S/c18-14-4-1-12(9-15(14)22(25)26)20-17(24)16(23)19-10-11-5-7-21(8-6-11)29(27,28)13-2-3-13/h1,4,9,11,13H,2-3,5-8,10H2,(H,19,23)(H,20,24). The molecule has 1 aromatic rings. The van der Waals surface area contributed by atoms with E-state index in [-0.39, 0.29) is 23.4 Å². The Kier molecular flexibility index (Phi) is 6.13. The van der Waals surface area contributed by atoms with Crippen molar-refractivity contribution in [1.82, 2.24) is 9.62 Å². The summed E-state index contributed by atoms with van der Waals surface area (Å²) in [6, 6.07) is 2.77. The van der Waals surface area contributed by atoms with Crippen LogP contribution in [-0.4, -0.2) is 54.3 Å². The quantitative estimate of drug-likeness (QED) is 0.394. The lowest BCUT2D eigenvalue weighted by molar-refractivity contribution is -0.387. The number of hydrogen-bond donors (Lipinski definition) is 2. The number of sulfonamides is 1. The van der Waals surface area contributed by atoms with Gasteiger partial charge in [-0.2, -0.15) is 4.39 Å². The van der Waals surface area contributed by atoms with E-state index in [0.29, 0.717) is 38.8 Å². The lowest BCUT2D eigenvalue weighted by Crippen LogP contribution is -2.44. The van der Waals surface area contributed by atoms with Crippen LogP contribution in [0.4, 0.5) is 15.8 Å². The summed E-state index contributed by atoms with van der Waals surface area (Å²) in [6.45, 7) is 1.00. The van der Waals surface area contributed by atoms with Crippen LogP contribution in [0.5, 0.6) is 0 Å². The Morgan fingerprint density at radius 3 is 2.41 bits per heavy atom. The summed E-state index contributed by atoms with van der Waals surface area (Å²) < 4.78 is 39.2. The number of piperidine rings is 1. The van der Waals surface area contributed by atoms with Crippen LogP contribution in [0.1, 0.15) is 25.7 Å². The SMILES string of the molecule is O=C(NCC1CCN(S(=O)(=O)C2CC2)CC1)C(=O)Nc1ccc(F)c([N+](=O)[O-])c1. The number of nitro groups is 1. The molecule has 3 rings (SSSR count). The number of nitro benzene ring substituents is 1. The van der Waals surface area contributed by atoms with Crippen molar-refractivity contribution in [2.75, 3.05) is 25.0 Å². The van der Waals surface area contributed by atoms with Gasteiger partial charge in [-0.25, -0.2) is 12.7 Å². The molecule has 1 aromatic carbocycles. The van der Waals surface area contributed by atoms with Crippen LogP contribution < -0.4 is 10.6 Å². The first-order chi connectivity index (χ1) is 13.7. The Morgan fingerprint density at radius 1 is 1.17 bits per heavy atom. The van der Waals surface area contributed by atoms with Crippen LogP contribution in [-0.2, 0) is 19.6 Å². The van der Waals surface area contributed by atoms with E-state index in [2.05, 4.69) is 10.6 Å². The number of nitrogens with one attached hydrogen (secondary N) is 2. The maximum absolute atomic E-state index is 13.3. The molecule has 29 heavy (non-hydrogen) atoms. The fourth-order valence-electron chi connectivity index (χ4n) is 3.18. The molecule has 0 spiro atoms. The van der Waals surface area contributed by atoms with E-state index in [0.717, 1.165) is 18.2 Å². The molecule has 0 unspecified atom stereocenters. The van der Waals surface area contributed by atoms with E-state index in [9.17, 15) is 32.5 Å². The topological polar surface area (TPSA) is 139 Å². The predicted octanol–water partition coefficient (Wildman–Crippen LogP) is 0.993. The van der Waals surface area contributed by atoms with E-state index < -0.39 is 38.3 Å². The van der Waals surface area contributed by atoms with Crippen LogP contribution >= 0.6 is 0 Å². The van der Waals surface area contributed by atoms with Crippen molar-refractivity contribution >= 4 is 33.2 Å². The minimum Gasteiger partial charge on any atom is -0.348 e. The minimum absolute atomic E-state index is 0.0457. The highest BCUT2D eigenvalue weighted by Crippen LogP contribution is 2.33. The molecule has 2 fully saturated rings. The Hall–Kier alpha value is -2.60. The predicted molar refractivity (Wildman–Crippen MR) is 101 cm³/mol. The third kappa shape index (κ3) is 5.07. The number of anilines is 1. The molecule has 0 atom stereocenters. The zero-order valence-corrected chi connectivity index (χ0v) is 16.3. The van der Waals surface area contributed by atoms with E-state index >= 15 is 0 Å². The molecule has 12 heteroatoms. The zero-order chi connectivity index (χ0) is 21.2. The van der Waals surface area contributed by atoms with Gasteiger partial charge in [0, 0.05) is 31.4 Å². The van der Waals surface area contributed by atoms with E-state index in [1.165, 1.54) is 4.31 Å². The summed E-state index contributed by atoms with van der Waals surface area (Å²) in [7, 11) is -3.20. The molecular formula is C17H21FN4O6S. The first-order valence-electron chi connectivity index (χ1n) is 9.20. The number of rotatable bonds is 6. The smallest absolute Gasteiger partial charge is 0.313 e. The second kappa shape index (κ2) is 8.41. The van der Waals surface area contributed by atoms with Gasteiger partial charge in [-0.15, -0.1) is 0 Å². The van der Waals surface area contributed by atoms with Crippen LogP contribution in [0.15, 0.2) is 18.2 Å². The van der Waals surface area contributed by atoms with Crippen LogP contribution in [0, 0.1) is 21.8 Å². The fourth-order valence-corrected chi connectivity index (χ4v) is 5.05. The number of hydrogen-bond acceptors (Lipinski definition) is 6. The molecule has 158 valence electrons. The molecule has 1 saturated carbocycles. The van der Waals surface area contributed by atoms with Crippen molar-refractivity contribution in [2.24, 2.45) is 5.92 Å². The van der Waals surface area contributed by atoms with Gasteiger partial charge in [0.25, 0.3) is 0 Å². The molecule has 0 bridgehead atoms. The normalized spacial score (nSPS) is 18.2. The van der Waals surface area contributed by atoms with E-state index in [1.54, 1.807) is 0 Å². The average molecular weight is 428 g/mol. The lowest BCUT2D eigenvalue weighted by atomic mass is 9.98. The molecular weight excluding hydrogens is 407 g/mol. The minimum atomic E-state index is -3.20. The van der Waals surface area contributed by atoms with E-state index in [1.807, 2.05) is 0 Å². The molecule has 0 aromatic heterocycles. The monoisotopic (exact) mass is 428 g/mol. The third-order valence-electron chi connectivity index (χ3n) is 5.04. The third-order valence-corrected chi connectivity index (χ3v) is 7.44. The number of carbonyl (C=O) groups is 2. The zero-order valence-electron chi connectivity index (χ0n) is 15.5. The number of amides is 2. The Labute approximate surface area is 166 Å². The molecule has 10 nitrogen and oxygen atoms in total. The number of nitrogens with zero attached hydrogens (tertiary/aromatic N) is 2. The van der Waals surface area contributed by atoms with Gasteiger partial charge in [0.1, 0.15) is 0 Å². The van der Waals surface area contributed by atoms with E-state index in [4.69, 9.17) is 0 Å². The second-order valence-electron chi connectivity index (χ2n) is 7.17. The summed E-state index contributed by atoms with van der Waals surface area (Å²) in [5.41, 5.74) is -0.882. The molecule has 2 aliphatic rings. The highest BCUT2D eigenvalue weighted by atomic mass is 32.2. The van der Waals surface area contributed by atoms with Crippen molar-refractivity contribution in [3.63, 3.8) is 0 Å². The van der Waals surface area contributed by atoms with Gasteiger partial charge in [0.15, 0.2) is 0 Å². The Bertz CT molecular complexity index is 926. The molecule has 1 aliphatic heterocycles. The summed E-state index contributed by atoms with van der Waals surface area (Å²) >= 11 is 0. The van der Waals surface area contributed by atoms with Gasteiger partial charge in [0.2, 0.25) is 15.8 Å². The van der Waals surface area contributed by atoms with Crippen molar-refractivity contribution in [1.29, 1.82) is 0 Å². The van der Waals surface area contributed by atoms with Gasteiger partial charge < -0.3 is 10.6 Å². The maximum atomic E-state index is 13.3. The molecule has 2 amide bonds. The molecule has 1 saturated heterocycles. The highest BCUT2D eigenvalue weighted by molar-refractivity contribution is 7.90. The van der Waals surface area contributed by atoms with Crippen molar-refractivity contribution in [2.45, 2.75) is 30.9 Å². The summed E-state index contributed by atoms with van der Waals surface area (Å²) in [5, 5.41) is 15.2. The van der Waals surface area contributed by atoms with Gasteiger partial charge in [-0.3, -0.25) is 19.7 Å². The largest absolute Gasteiger partial charge is 0.348 e. The van der Waals surface area contributed by atoms with Gasteiger partial charge in [-0.05, 0) is 43.7 Å². The fraction of sp³-hybridized carbons (Fsp3) is 0.529. The number of benzene rings is 1. The first-order valence-corrected chi connectivity index (χ1v) is 10.7. The van der Waals surface area contributed by atoms with Crippen LogP contribution in [0.3, 0.4) is 0 Å². The van der Waals surface area contributed by atoms with Gasteiger partial charge in [-0.1, -0.05) is 0 Å². The average Bonchev–Trinajstić information content (AvgIpc) is 3.53. The molecule has 0 radical (unpaired) electrons. The van der Waals surface area contributed by atoms with Gasteiger partial charge >= 0.3 is 17.5 Å². The van der Waals surface area contributed by atoms with Crippen molar-refractivity contribution < 1.29 is 27.3 Å². The van der Waals surface area contributed by atoms with Crippen molar-refractivity contribution in [3.8, 4) is 0 Å². The summed E-state index contributed by atoms with van der Waals surface area (Å²) in [5.74, 6) is -2.96. The number of carbonyl (C=O) groups excluding carboxylic acids is 2. The van der Waals surface area contributed by atoms with Crippen molar-refractivity contribution in [3.05, 3.63) is 34.1 Å². The molecule has 1 heterocycles. The van der Waals surface area contributed by atoms with Gasteiger partial charge in [0.05, 0.1) is 10.2 Å². The summed E-state index contributed by atoms with van der Waals surface area (Å²) in [4.78, 5) is 33.7. The van der Waals surface area contributed by atoms with Crippen LogP contribution in [0.2, 0.25) is 0 Å². The molecule has 2 N–H and O–H groups in total. The first kappa shape index (κ1) is 21.1. The lowest BCUT2D eigenvalue weighted by Gasteiger charge is -2.31. The van der Waals surface area contributed by atoms with Crippen LogP contribution in [0.25, 0.3) is 0 Å². The summed E-state index contributed by atoms with van der Waals surface area (Å²) in [6.07, 6.45) is 2.59. The molecule has 1 aliphatic carbocycles.